The van der Waals surface area contributed by atoms with Crippen LogP contribution in [-0.2, 0) is 0 Å². The van der Waals surface area contributed by atoms with Crippen molar-refractivity contribution in [3.05, 3.63) is 58.6 Å². The molecule has 0 aromatic heterocycles. The highest BCUT2D eigenvalue weighted by molar-refractivity contribution is 6.33. The van der Waals surface area contributed by atoms with Gasteiger partial charge in [-0.05, 0) is 24.3 Å². The molecule has 2 aromatic carbocycles. The molecule has 4 rings (SSSR count). The highest BCUT2D eigenvalue weighted by Crippen LogP contribution is 2.33. The standard InChI is InChI=1S/C20H24Cl2N4/c21-15-5-1-3-7-17(15)25-11-9-23-13-19(25)20-14-24-10-12-26(20)18-8-4-2-6-16(18)22/h1-8,19-20,23-24H,9-14H2. The number of nitrogens with one attached hydrogen (secondary N) is 2. The molecule has 138 valence electrons. The normalized spacial score (nSPS) is 23.9. The van der Waals surface area contributed by atoms with Crippen molar-refractivity contribution in [2.45, 2.75) is 12.1 Å². The first kappa shape index (κ1) is 17.9. The monoisotopic (exact) mass is 390 g/mol. The van der Waals surface area contributed by atoms with Gasteiger partial charge in [-0.2, -0.15) is 0 Å². The van der Waals surface area contributed by atoms with Gasteiger partial charge in [-0.3, -0.25) is 0 Å². The number of rotatable bonds is 3. The molecular formula is C20H24Cl2N4. The molecule has 2 saturated heterocycles. The Balaban J connectivity index is 1.68. The Morgan fingerprint density at radius 1 is 0.692 bits per heavy atom. The summed E-state index contributed by atoms with van der Waals surface area (Å²) >= 11 is 13.1. The lowest BCUT2D eigenvalue weighted by Crippen LogP contribution is -2.66. The molecule has 0 saturated carbocycles. The molecule has 2 aromatic rings. The maximum Gasteiger partial charge on any atom is 0.0639 e. The number of piperazine rings is 2. The van der Waals surface area contributed by atoms with Crippen LogP contribution in [0.25, 0.3) is 0 Å². The van der Waals surface area contributed by atoms with E-state index in [1.807, 2.05) is 24.3 Å². The second-order valence-electron chi connectivity index (χ2n) is 6.83. The summed E-state index contributed by atoms with van der Waals surface area (Å²) in [6, 6.07) is 16.9. The van der Waals surface area contributed by atoms with Gasteiger partial charge in [-0.25, -0.2) is 0 Å². The minimum Gasteiger partial charge on any atom is -0.363 e. The van der Waals surface area contributed by atoms with Gasteiger partial charge < -0.3 is 20.4 Å². The topological polar surface area (TPSA) is 30.5 Å². The van der Waals surface area contributed by atoms with Crippen LogP contribution in [0.4, 0.5) is 11.4 Å². The van der Waals surface area contributed by atoms with Crippen molar-refractivity contribution in [3.8, 4) is 0 Å². The van der Waals surface area contributed by atoms with E-state index in [1.54, 1.807) is 0 Å². The lowest BCUT2D eigenvalue weighted by atomic mass is 9.98. The Labute approximate surface area is 165 Å². The third-order valence-electron chi connectivity index (χ3n) is 5.33. The SMILES string of the molecule is Clc1ccccc1N1CCNCC1C1CNCCN1c1ccccc1Cl. The molecule has 0 spiro atoms. The Bertz CT molecular complexity index is 691. The molecule has 2 N–H and O–H groups in total. The van der Waals surface area contributed by atoms with Gasteiger partial charge in [0.25, 0.3) is 0 Å². The third kappa shape index (κ3) is 3.52. The summed E-state index contributed by atoms with van der Waals surface area (Å²) in [5.74, 6) is 0. The smallest absolute Gasteiger partial charge is 0.0639 e. The summed E-state index contributed by atoms with van der Waals surface area (Å²) in [7, 11) is 0. The predicted octanol–water partition coefficient (Wildman–Crippen LogP) is 3.25. The number of hydrogen-bond donors (Lipinski definition) is 2. The van der Waals surface area contributed by atoms with Gasteiger partial charge in [0.1, 0.15) is 0 Å². The van der Waals surface area contributed by atoms with E-state index in [-0.39, 0.29) is 0 Å². The summed E-state index contributed by atoms with van der Waals surface area (Å²) < 4.78 is 0. The summed E-state index contributed by atoms with van der Waals surface area (Å²) in [5, 5.41) is 8.76. The minimum absolute atomic E-state index is 0.313. The van der Waals surface area contributed by atoms with Crippen molar-refractivity contribution in [2.24, 2.45) is 0 Å². The molecule has 2 heterocycles. The average molecular weight is 391 g/mol. The fraction of sp³-hybridized carbons (Fsp3) is 0.400. The Morgan fingerprint density at radius 3 is 1.54 bits per heavy atom. The van der Waals surface area contributed by atoms with E-state index in [9.17, 15) is 0 Å². The van der Waals surface area contributed by atoms with Crippen molar-refractivity contribution >= 4 is 34.6 Å². The van der Waals surface area contributed by atoms with E-state index in [0.717, 1.165) is 60.7 Å². The number of hydrogen-bond acceptors (Lipinski definition) is 4. The van der Waals surface area contributed by atoms with Gasteiger partial charge in [0.05, 0.1) is 33.5 Å². The Hall–Kier alpha value is -1.46. The van der Waals surface area contributed by atoms with E-state index in [0.29, 0.717) is 12.1 Å². The van der Waals surface area contributed by atoms with E-state index in [1.165, 1.54) is 0 Å². The van der Waals surface area contributed by atoms with Gasteiger partial charge in [-0.1, -0.05) is 47.5 Å². The van der Waals surface area contributed by atoms with Crippen LogP contribution in [-0.4, -0.2) is 51.4 Å². The van der Waals surface area contributed by atoms with Gasteiger partial charge in [0.2, 0.25) is 0 Å². The van der Waals surface area contributed by atoms with Crippen LogP contribution < -0.4 is 20.4 Å². The highest BCUT2D eigenvalue weighted by Gasteiger charge is 2.36. The van der Waals surface area contributed by atoms with Crippen molar-refractivity contribution < 1.29 is 0 Å². The van der Waals surface area contributed by atoms with Gasteiger partial charge in [0, 0.05) is 39.3 Å². The number of benzene rings is 2. The molecule has 26 heavy (non-hydrogen) atoms. The van der Waals surface area contributed by atoms with E-state index in [2.05, 4.69) is 44.7 Å². The van der Waals surface area contributed by atoms with E-state index >= 15 is 0 Å². The van der Waals surface area contributed by atoms with Crippen molar-refractivity contribution in [1.29, 1.82) is 0 Å². The lowest BCUT2D eigenvalue weighted by Gasteiger charge is -2.49. The molecule has 2 aliphatic rings. The molecule has 6 heteroatoms. The highest BCUT2D eigenvalue weighted by atomic mass is 35.5. The molecule has 2 aliphatic heterocycles. The summed E-state index contributed by atoms with van der Waals surface area (Å²) in [4.78, 5) is 4.92. The molecule has 2 atom stereocenters. The first-order valence-electron chi connectivity index (χ1n) is 9.19. The van der Waals surface area contributed by atoms with Crippen LogP contribution in [0.3, 0.4) is 0 Å². The van der Waals surface area contributed by atoms with Crippen molar-refractivity contribution in [1.82, 2.24) is 10.6 Å². The van der Waals surface area contributed by atoms with Crippen molar-refractivity contribution in [2.75, 3.05) is 49.1 Å². The second kappa shape index (κ2) is 8.05. The first-order valence-corrected chi connectivity index (χ1v) is 9.95. The van der Waals surface area contributed by atoms with E-state index in [4.69, 9.17) is 23.2 Å². The van der Waals surface area contributed by atoms with Gasteiger partial charge in [0.15, 0.2) is 0 Å². The predicted molar refractivity (Wildman–Crippen MR) is 111 cm³/mol. The largest absolute Gasteiger partial charge is 0.363 e. The minimum atomic E-state index is 0.313. The summed E-state index contributed by atoms with van der Waals surface area (Å²) in [6.45, 7) is 5.68. The zero-order valence-electron chi connectivity index (χ0n) is 14.7. The van der Waals surface area contributed by atoms with Crippen LogP contribution >= 0.6 is 23.2 Å². The molecule has 0 radical (unpaired) electrons. The first-order chi connectivity index (χ1) is 12.8. The zero-order valence-corrected chi connectivity index (χ0v) is 16.2. The van der Waals surface area contributed by atoms with Gasteiger partial charge >= 0.3 is 0 Å². The molecule has 0 bridgehead atoms. The van der Waals surface area contributed by atoms with Crippen LogP contribution in [0.2, 0.25) is 10.0 Å². The van der Waals surface area contributed by atoms with Crippen LogP contribution in [0, 0.1) is 0 Å². The number of anilines is 2. The summed E-state index contributed by atoms with van der Waals surface area (Å²) in [6.07, 6.45) is 0. The lowest BCUT2D eigenvalue weighted by molar-refractivity contribution is 0.360. The van der Waals surface area contributed by atoms with Crippen molar-refractivity contribution in [3.63, 3.8) is 0 Å². The maximum atomic E-state index is 6.53. The fourth-order valence-electron chi connectivity index (χ4n) is 4.11. The maximum absolute atomic E-state index is 6.53. The molecule has 4 nitrogen and oxygen atoms in total. The zero-order chi connectivity index (χ0) is 17.9. The molecular weight excluding hydrogens is 367 g/mol. The van der Waals surface area contributed by atoms with E-state index < -0.39 is 0 Å². The van der Waals surface area contributed by atoms with Crippen LogP contribution in [0.5, 0.6) is 0 Å². The fourth-order valence-corrected chi connectivity index (χ4v) is 4.59. The third-order valence-corrected chi connectivity index (χ3v) is 5.97. The number of para-hydroxylation sites is 2. The van der Waals surface area contributed by atoms with Crippen LogP contribution in [0.1, 0.15) is 0 Å². The molecule has 2 unspecified atom stereocenters. The molecule has 2 fully saturated rings. The van der Waals surface area contributed by atoms with Gasteiger partial charge in [-0.15, -0.1) is 0 Å². The second-order valence-corrected chi connectivity index (χ2v) is 7.65. The quantitative estimate of drug-likeness (QED) is 0.841. The average Bonchev–Trinajstić information content (AvgIpc) is 2.69. The Morgan fingerprint density at radius 2 is 1.12 bits per heavy atom. The summed E-state index contributed by atoms with van der Waals surface area (Å²) in [5.41, 5.74) is 2.23. The van der Waals surface area contributed by atoms with Crippen LogP contribution in [0.15, 0.2) is 48.5 Å². The molecule has 0 aliphatic carbocycles. The number of nitrogens with zero attached hydrogens (tertiary/aromatic N) is 2. The Kier molecular flexibility index (Phi) is 5.55. The molecule has 0 amide bonds. The number of halogens is 2.